The van der Waals surface area contributed by atoms with Crippen molar-refractivity contribution in [3.05, 3.63) is 57.8 Å². The van der Waals surface area contributed by atoms with Crippen LogP contribution < -0.4 is 10.1 Å². The van der Waals surface area contributed by atoms with Crippen molar-refractivity contribution < 1.29 is 19.1 Å². The van der Waals surface area contributed by atoms with Gasteiger partial charge < -0.3 is 14.8 Å². The topological polar surface area (TPSA) is 64.6 Å². The summed E-state index contributed by atoms with van der Waals surface area (Å²) in [6.45, 7) is 2.39. The molecule has 0 saturated carbocycles. The molecule has 3 rings (SSSR count). The van der Waals surface area contributed by atoms with Gasteiger partial charge in [0.05, 0.1) is 12.1 Å². The summed E-state index contributed by atoms with van der Waals surface area (Å²) in [6.07, 6.45) is 1.34. The molecule has 1 aromatic carbocycles. The lowest BCUT2D eigenvalue weighted by molar-refractivity contribution is -0.152. The predicted molar refractivity (Wildman–Crippen MR) is 96.3 cm³/mol. The SMILES string of the molecule is CC[C@@H](OC(=O)C1=Cc2ccccc2OC1)C(=O)NCc1cccs1. The number of fused-ring (bicyclic) bond motifs is 1. The van der Waals surface area contributed by atoms with E-state index in [1.54, 1.807) is 17.4 Å². The Kier molecular flexibility index (Phi) is 5.50. The average molecular weight is 357 g/mol. The number of benzene rings is 1. The largest absolute Gasteiger partial charge is 0.488 e. The zero-order chi connectivity index (χ0) is 17.6. The van der Waals surface area contributed by atoms with Crippen LogP contribution in [-0.2, 0) is 20.9 Å². The summed E-state index contributed by atoms with van der Waals surface area (Å²) < 4.78 is 11.0. The first-order chi connectivity index (χ1) is 12.2. The maximum absolute atomic E-state index is 12.4. The third-order valence-electron chi connectivity index (χ3n) is 3.82. The molecule has 0 saturated heterocycles. The number of carbonyl (C=O) groups excluding carboxylic acids is 2. The van der Waals surface area contributed by atoms with Crippen molar-refractivity contribution >= 4 is 29.3 Å². The van der Waals surface area contributed by atoms with Crippen LogP contribution in [0.15, 0.2) is 47.4 Å². The molecule has 0 bridgehead atoms. The van der Waals surface area contributed by atoms with Crippen LogP contribution in [0.3, 0.4) is 0 Å². The molecule has 1 aromatic heterocycles. The third-order valence-corrected chi connectivity index (χ3v) is 4.70. The molecule has 0 spiro atoms. The fourth-order valence-corrected chi connectivity index (χ4v) is 3.11. The van der Waals surface area contributed by atoms with Gasteiger partial charge in [0.2, 0.25) is 0 Å². The molecule has 25 heavy (non-hydrogen) atoms. The van der Waals surface area contributed by atoms with E-state index in [-0.39, 0.29) is 12.5 Å². The first-order valence-electron chi connectivity index (χ1n) is 8.11. The third kappa shape index (κ3) is 4.28. The van der Waals surface area contributed by atoms with Gasteiger partial charge in [0.15, 0.2) is 6.10 Å². The van der Waals surface area contributed by atoms with Gasteiger partial charge in [-0.15, -0.1) is 11.3 Å². The monoisotopic (exact) mass is 357 g/mol. The van der Waals surface area contributed by atoms with Crippen LogP contribution in [0.1, 0.15) is 23.8 Å². The van der Waals surface area contributed by atoms with E-state index in [4.69, 9.17) is 9.47 Å². The van der Waals surface area contributed by atoms with Gasteiger partial charge in [-0.05, 0) is 30.0 Å². The second-order valence-electron chi connectivity index (χ2n) is 5.60. The number of nitrogens with one attached hydrogen (secondary N) is 1. The van der Waals surface area contributed by atoms with Gasteiger partial charge in [-0.1, -0.05) is 31.2 Å². The molecule has 5 nitrogen and oxygen atoms in total. The minimum Gasteiger partial charge on any atom is -0.488 e. The highest BCUT2D eigenvalue weighted by atomic mass is 32.1. The standard InChI is InChI=1S/C19H19NO4S/c1-2-16(18(21)20-11-15-7-5-9-25-15)24-19(22)14-10-13-6-3-4-8-17(13)23-12-14/h3-10,16H,2,11-12H2,1H3,(H,20,21)/t16-/m1/s1. The quantitative estimate of drug-likeness (QED) is 0.807. The Balaban J connectivity index is 1.60. The van der Waals surface area contributed by atoms with Gasteiger partial charge in [-0.3, -0.25) is 4.79 Å². The molecule has 1 aliphatic heterocycles. The summed E-state index contributed by atoms with van der Waals surface area (Å²) in [4.78, 5) is 25.7. The molecule has 1 amide bonds. The number of carbonyl (C=O) groups is 2. The predicted octanol–water partition coefficient (Wildman–Crippen LogP) is 3.16. The van der Waals surface area contributed by atoms with Gasteiger partial charge in [0.25, 0.3) is 5.91 Å². The average Bonchev–Trinajstić information content (AvgIpc) is 3.17. The smallest absolute Gasteiger partial charge is 0.338 e. The Morgan fingerprint density at radius 1 is 1.28 bits per heavy atom. The van der Waals surface area contributed by atoms with E-state index < -0.39 is 12.1 Å². The molecule has 0 aliphatic carbocycles. The molecule has 1 atom stereocenters. The zero-order valence-electron chi connectivity index (χ0n) is 13.9. The number of esters is 1. The van der Waals surface area contributed by atoms with E-state index in [9.17, 15) is 9.59 Å². The Morgan fingerprint density at radius 3 is 2.88 bits per heavy atom. The van der Waals surface area contributed by atoms with Crippen LogP contribution >= 0.6 is 11.3 Å². The summed E-state index contributed by atoms with van der Waals surface area (Å²) in [6, 6.07) is 11.3. The van der Waals surface area contributed by atoms with Gasteiger partial charge >= 0.3 is 5.97 Å². The molecule has 2 heterocycles. The minimum absolute atomic E-state index is 0.142. The van der Waals surface area contributed by atoms with Crippen LogP contribution in [-0.4, -0.2) is 24.6 Å². The highest BCUT2D eigenvalue weighted by Gasteiger charge is 2.25. The van der Waals surface area contributed by atoms with E-state index in [1.165, 1.54) is 0 Å². The van der Waals surface area contributed by atoms with E-state index >= 15 is 0 Å². The number of hydrogen-bond donors (Lipinski definition) is 1. The van der Waals surface area contributed by atoms with Crippen molar-refractivity contribution in [1.82, 2.24) is 5.32 Å². The molecule has 6 heteroatoms. The number of thiophene rings is 1. The summed E-state index contributed by atoms with van der Waals surface area (Å²) in [5, 5.41) is 4.75. The fourth-order valence-electron chi connectivity index (χ4n) is 2.46. The van der Waals surface area contributed by atoms with Crippen LogP contribution in [0.4, 0.5) is 0 Å². The van der Waals surface area contributed by atoms with E-state index in [1.807, 2.05) is 48.7 Å². The number of para-hydroxylation sites is 1. The number of rotatable bonds is 6. The fraction of sp³-hybridized carbons (Fsp3) is 0.263. The molecule has 0 fully saturated rings. The molecule has 1 aliphatic rings. The number of ether oxygens (including phenoxy) is 2. The normalized spacial score (nSPS) is 13.9. The van der Waals surface area contributed by atoms with Crippen LogP contribution in [0, 0.1) is 0 Å². The van der Waals surface area contributed by atoms with Crippen molar-refractivity contribution in [3.8, 4) is 5.75 Å². The summed E-state index contributed by atoms with van der Waals surface area (Å²) >= 11 is 1.57. The maximum atomic E-state index is 12.4. The molecule has 1 N–H and O–H groups in total. The van der Waals surface area contributed by atoms with Crippen molar-refractivity contribution in [2.24, 2.45) is 0 Å². The second-order valence-corrected chi connectivity index (χ2v) is 6.63. The lowest BCUT2D eigenvalue weighted by Crippen LogP contribution is -2.37. The maximum Gasteiger partial charge on any atom is 0.338 e. The van der Waals surface area contributed by atoms with Crippen LogP contribution in [0.2, 0.25) is 0 Å². The van der Waals surface area contributed by atoms with Crippen molar-refractivity contribution in [1.29, 1.82) is 0 Å². The van der Waals surface area contributed by atoms with Gasteiger partial charge in [-0.2, -0.15) is 0 Å². The van der Waals surface area contributed by atoms with Crippen molar-refractivity contribution in [3.63, 3.8) is 0 Å². The van der Waals surface area contributed by atoms with Crippen LogP contribution in [0.25, 0.3) is 6.08 Å². The van der Waals surface area contributed by atoms with Gasteiger partial charge in [0, 0.05) is 10.4 Å². The molecule has 0 unspecified atom stereocenters. The molecule has 2 aromatic rings. The van der Waals surface area contributed by atoms with Gasteiger partial charge in [-0.25, -0.2) is 4.79 Å². The number of amides is 1. The minimum atomic E-state index is -0.814. The molecular formula is C19H19NO4S. The summed E-state index contributed by atoms with van der Waals surface area (Å²) in [5.74, 6) is -0.0746. The first-order valence-corrected chi connectivity index (χ1v) is 8.99. The van der Waals surface area contributed by atoms with Gasteiger partial charge in [0.1, 0.15) is 12.4 Å². The summed E-state index contributed by atoms with van der Waals surface area (Å²) in [7, 11) is 0. The van der Waals surface area contributed by atoms with Crippen molar-refractivity contribution in [2.75, 3.05) is 6.61 Å². The Hall–Kier alpha value is -2.60. The highest BCUT2D eigenvalue weighted by Crippen LogP contribution is 2.26. The van der Waals surface area contributed by atoms with E-state index in [0.29, 0.717) is 18.5 Å². The molecule has 0 radical (unpaired) electrons. The Bertz CT molecular complexity index is 782. The summed E-state index contributed by atoms with van der Waals surface area (Å²) in [5.41, 5.74) is 1.24. The lowest BCUT2D eigenvalue weighted by atomic mass is 10.1. The molecular weight excluding hydrogens is 338 g/mol. The lowest BCUT2D eigenvalue weighted by Gasteiger charge is -2.20. The first kappa shape index (κ1) is 17.2. The highest BCUT2D eigenvalue weighted by molar-refractivity contribution is 7.09. The number of hydrogen-bond acceptors (Lipinski definition) is 5. The second kappa shape index (κ2) is 7.98. The van der Waals surface area contributed by atoms with Crippen molar-refractivity contribution in [2.45, 2.75) is 26.0 Å². The van der Waals surface area contributed by atoms with E-state index in [0.717, 1.165) is 16.2 Å². The zero-order valence-corrected chi connectivity index (χ0v) is 14.7. The van der Waals surface area contributed by atoms with E-state index in [2.05, 4.69) is 5.32 Å². The Morgan fingerprint density at radius 2 is 2.12 bits per heavy atom. The Labute approximate surface area is 150 Å². The van der Waals surface area contributed by atoms with Crippen LogP contribution in [0.5, 0.6) is 5.75 Å². The molecule has 130 valence electrons.